The van der Waals surface area contributed by atoms with Gasteiger partial charge >= 0.3 is 0 Å². The molecule has 3 aromatic carbocycles. The lowest BCUT2D eigenvalue weighted by molar-refractivity contribution is 0.0877. The standard InChI is InChI=1S/C29H31NO.ClH/c31-29-25(17-20-30-18-15-24(16-19-30)22-7-3-1-4-8-22)11-12-27-21-26(13-14-28(27)29)23-9-5-2-6-10-23;/h1-10,13-14,21,24-25H,11-12,15-20H2;1H. The quantitative estimate of drug-likeness (QED) is 0.430. The Labute approximate surface area is 198 Å². The van der Waals surface area contributed by atoms with E-state index in [2.05, 4.69) is 77.7 Å². The van der Waals surface area contributed by atoms with Gasteiger partial charge in [-0.1, -0.05) is 78.9 Å². The molecule has 0 N–H and O–H groups in total. The van der Waals surface area contributed by atoms with Gasteiger partial charge in [0.25, 0.3) is 0 Å². The molecule has 2 aliphatic rings. The first kappa shape index (κ1) is 22.8. The highest BCUT2D eigenvalue weighted by atomic mass is 35.5. The summed E-state index contributed by atoms with van der Waals surface area (Å²) in [4.78, 5) is 15.7. The average molecular weight is 446 g/mol. The van der Waals surface area contributed by atoms with E-state index in [9.17, 15) is 4.79 Å². The van der Waals surface area contributed by atoms with Gasteiger partial charge in [-0.3, -0.25) is 4.79 Å². The molecule has 166 valence electrons. The molecule has 0 bridgehead atoms. The van der Waals surface area contributed by atoms with Crippen LogP contribution >= 0.6 is 12.4 Å². The van der Waals surface area contributed by atoms with Crippen LogP contribution in [0.25, 0.3) is 11.1 Å². The van der Waals surface area contributed by atoms with Crippen molar-refractivity contribution in [2.45, 2.75) is 38.0 Å². The average Bonchev–Trinajstić information content (AvgIpc) is 2.85. The Kier molecular flexibility index (Phi) is 7.44. The number of benzene rings is 3. The van der Waals surface area contributed by atoms with Gasteiger partial charge in [0.05, 0.1) is 0 Å². The van der Waals surface area contributed by atoms with Crippen molar-refractivity contribution in [2.75, 3.05) is 19.6 Å². The first-order valence-electron chi connectivity index (χ1n) is 11.8. The Morgan fingerprint density at radius 3 is 2.19 bits per heavy atom. The molecule has 0 radical (unpaired) electrons. The van der Waals surface area contributed by atoms with E-state index in [4.69, 9.17) is 0 Å². The van der Waals surface area contributed by atoms with Crippen molar-refractivity contribution in [1.82, 2.24) is 4.90 Å². The largest absolute Gasteiger partial charge is 0.303 e. The van der Waals surface area contributed by atoms with Gasteiger partial charge in [0, 0.05) is 11.5 Å². The zero-order valence-electron chi connectivity index (χ0n) is 18.6. The van der Waals surface area contributed by atoms with Crippen molar-refractivity contribution < 1.29 is 4.79 Å². The number of aryl methyl sites for hydroxylation is 1. The van der Waals surface area contributed by atoms with E-state index >= 15 is 0 Å². The molecule has 1 atom stereocenters. The van der Waals surface area contributed by atoms with Crippen LogP contribution in [0.4, 0.5) is 0 Å². The number of likely N-dealkylation sites (tertiary alicyclic amines) is 1. The number of ketones is 1. The Balaban J connectivity index is 0.00000245. The van der Waals surface area contributed by atoms with Crippen molar-refractivity contribution in [3.8, 4) is 11.1 Å². The molecule has 1 heterocycles. The second-order valence-electron chi connectivity index (χ2n) is 9.15. The van der Waals surface area contributed by atoms with Gasteiger partial charge in [-0.25, -0.2) is 0 Å². The maximum absolute atomic E-state index is 13.2. The maximum Gasteiger partial charge on any atom is 0.166 e. The van der Waals surface area contributed by atoms with Crippen molar-refractivity contribution >= 4 is 18.2 Å². The molecule has 1 unspecified atom stereocenters. The first-order chi connectivity index (χ1) is 15.3. The molecular formula is C29H32ClNO. The number of hydrogen-bond acceptors (Lipinski definition) is 2. The molecule has 3 aromatic rings. The molecular weight excluding hydrogens is 414 g/mol. The summed E-state index contributed by atoms with van der Waals surface area (Å²) in [5.41, 5.74) is 6.10. The topological polar surface area (TPSA) is 20.3 Å². The van der Waals surface area contributed by atoms with Crippen LogP contribution in [0.15, 0.2) is 78.9 Å². The highest BCUT2D eigenvalue weighted by molar-refractivity contribution is 6.00. The van der Waals surface area contributed by atoms with E-state index in [-0.39, 0.29) is 18.3 Å². The Hall–Kier alpha value is -2.42. The first-order valence-corrected chi connectivity index (χ1v) is 11.8. The fourth-order valence-electron chi connectivity index (χ4n) is 5.36. The van der Waals surface area contributed by atoms with Crippen molar-refractivity contribution in [3.05, 3.63) is 95.6 Å². The van der Waals surface area contributed by atoms with Gasteiger partial charge in [-0.15, -0.1) is 12.4 Å². The number of fused-ring (bicyclic) bond motifs is 1. The molecule has 0 saturated carbocycles. The van der Waals surface area contributed by atoms with E-state index in [1.165, 1.54) is 35.1 Å². The molecule has 5 rings (SSSR count). The van der Waals surface area contributed by atoms with E-state index in [1.807, 2.05) is 6.07 Å². The van der Waals surface area contributed by atoms with Crippen LogP contribution in [0, 0.1) is 5.92 Å². The highest BCUT2D eigenvalue weighted by Gasteiger charge is 2.28. The smallest absolute Gasteiger partial charge is 0.166 e. The molecule has 0 spiro atoms. The van der Waals surface area contributed by atoms with Crippen LogP contribution in [-0.2, 0) is 6.42 Å². The van der Waals surface area contributed by atoms with E-state index in [1.54, 1.807) is 0 Å². The maximum atomic E-state index is 13.2. The summed E-state index contributed by atoms with van der Waals surface area (Å²) in [6.07, 6.45) is 5.46. The summed E-state index contributed by atoms with van der Waals surface area (Å²) in [7, 11) is 0. The monoisotopic (exact) mass is 445 g/mol. The molecule has 1 fully saturated rings. The molecule has 3 heteroatoms. The van der Waals surface area contributed by atoms with Crippen LogP contribution in [0.3, 0.4) is 0 Å². The Morgan fingerprint density at radius 2 is 1.47 bits per heavy atom. The number of nitrogens with zero attached hydrogens (tertiary/aromatic N) is 1. The van der Waals surface area contributed by atoms with Gasteiger partial charge in [0.1, 0.15) is 0 Å². The number of carbonyl (C=O) groups is 1. The minimum Gasteiger partial charge on any atom is -0.303 e. The van der Waals surface area contributed by atoms with Crippen molar-refractivity contribution in [1.29, 1.82) is 0 Å². The lowest BCUT2D eigenvalue weighted by atomic mass is 9.80. The fourth-order valence-corrected chi connectivity index (χ4v) is 5.36. The number of carbonyl (C=O) groups excluding carboxylic acids is 1. The van der Waals surface area contributed by atoms with Crippen LogP contribution in [0.1, 0.15) is 53.1 Å². The highest BCUT2D eigenvalue weighted by Crippen LogP contribution is 2.32. The lowest BCUT2D eigenvalue weighted by Crippen LogP contribution is -2.35. The molecule has 1 aliphatic carbocycles. The predicted octanol–water partition coefficient (Wildman–Crippen LogP) is 6.79. The van der Waals surface area contributed by atoms with Crippen LogP contribution < -0.4 is 0 Å². The van der Waals surface area contributed by atoms with Crippen molar-refractivity contribution in [2.24, 2.45) is 5.92 Å². The van der Waals surface area contributed by atoms with E-state index in [0.717, 1.165) is 44.5 Å². The number of piperidine rings is 1. The van der Waals surface area contributed by atoms with Gasteiger partial charge < -0.3 is 4.90 Å². The Morgan fingerprint density at radius 1 is 0.781 bits per heavy atom. The second-order valence-corrected chi connectivity index (χ2v) is 9.15. The lowest BCUT2D eigenvalue weighted by Gasteiger charge is -2.33. The van der Waals surface area contributed by atoms with Crippen LogP contribution in [0.2, 0.25) is 0 Å². The minimum absolute atomic E-state index is 0. The fraction of sp³-hybridized carbons (Fsp3) is 0.345. The number of rotatable bonds is 5. The summed E-state index contributed by atoms with van der Waals surface area (Å²) in [6, 6.07) is 27.8. The van der Waals surface area contributed by atoms with Gasteiger partial charge in [-0.2, -0.15) is 0 Å². The predicted molar refractivity (Wildman–Crippen MR) is 135 cm³/mol. The zero-order valence-corrected chi connectivity index (χ0v) is 19.4. The molecule has 32 heavy (non-hydrogen) atoms. The molecule has 0 aromatic heterocycles. The summed E-state index contributed by atoms with van der Waals surface area (Å²) in [6.45, 7) is 3.35. The normalized spacial score (nSPS) is 19.2. The molecule has 1 aliphatic heterocycles. The molecule has 1 saturated heterocycles. The number of Topliss-reactive ketones (excluding diaryl/α,β-unsaturated/α-hetero) is 1. The van der Waals surface area contributed by atoms with Crippen LogP contribution in [-0.4, -0.2) is 30.3 Å². The van der Waals surface area contributed by atoms with Gasteiger partial charge in [0.15, 0.2) is 5.78 Å². The number of hydrogen-bond donors (Lipinski definition) is 0. The summed E-state index contributed by atoms with van der Waals surface area (Å²) in [5, 5.41) is 0. The zero-order chi connectivity index (χ0) is 21.0. The third kappa shape index (κ3) is 4.98. The van der Waals surface area contributed by atoms with Gasteiger partial charge in [-0.05, 0) is 79.9 Å². The van der Waals surface area contributed by atoms with Crippen LogP contribution in [0.5, 0.6) is 0 Å². The Bertz CT molecular complexity index is 1030. The summed E-state index contributed by atoms with van der Waals surface area (Å²) >= 11 is 0. The van der Waals surface area contributed by atoms with Gasteiger partial charge in [0.2, 0.25) is 0 Å². The summed E-state index contributed by atoms with van der Waals surface area (Å²) < 4.78 is 0. The summed E-state index contributed by atoms with van der Waals surface area (Å²) in [5.74, 6) is 1.24. The SMILES string of the molecule is Cl.O=C1c2ccc(-c3ccccc3)cc2CCC1CCN1CCC(c2ccccc2)CC1. The van der Waals surface area contributed by atoms with Crippen molar-refractivity contribution in [3.63, 3.8) is 0 Å². The third-order valence-electron chi connectivity index (χ3n) is 7.26. The molecule has 0 amide bonds. The molecule has 2 nitrogen and oxygen atoms in total. The number of halogens is 1. The van der Waals surface area contributed by atoms with E-state index in [0.29, 0.717) is 11.7 Å². The van der Waals surface area contributed by atoms with E-state index < -0.39 is 0 Å². The minimum atomic E-state index is 0. The third-order valence-corrected chi connectivity index (χ3v) is 7.26. The second kappa shape index (κ2) is 10.5.